The van der Waals surface area contributed by atoms with Crippen LogP contribution in [0, 0.1) is 13.8 Å². The van der Waals surface area contributed by atoms with Crippen molar-refractivity contribution in [3.8, 4) is 11.3 Å². The Bertz CT molecular complexity index is 448. The maximum Gasteiger partial charge on any atom is 0.121 e. The van der Waals surface area contributed by atoms with Crippen LogP contribution in [-0.2, 0) is 7.05 Å². The fourth-order valence-electron chi connectivity index (χ4n) is 1.50. The van der Waals surface area contributed by atoms with Crippen molar-refractivity contribution >= 4 is 17.2 Å². The SMILES string of the molecule is Cc1cc(-c2cc(N)n(C)n2)c(C)s1. The van der Waals surface area contributed by atoms with Crippen molar-refractivity contribution in [3.05, 3.63) is 21.9 Å². The molecule has 3 nitrogen and oxygen atoms in total. The lowest BCUT2D eigenvalue weighted by molar-refractivity contribution is 0.782. The van der Waals surface area contributed by atoms with Crippen molar-refractivity contribution < 1.29 is 0 Å². The molecule has 74 valence electrons. The normalized spacial score (nSPS) is 10.8. The van der Waals surface area contributed by atoms with Crippen molar-refractivity contribution in [1.29, 1.82) is 0 Å². The highest BCUT2D eigenvalue weighted by atomic mass is 32.1. The number of thiophene rings is 1. The summed E-state index contributed by atoms with van der Waals surface area (Å²) in [7, 11) is 1.85. The lowest BCUT2D eigenvalue weighted by Gasteiger charge is -1.92. The summed E-state index contributed by atoms with van der Waals surface area (Å²) in [6.45, 7) is 4.21. The molecule has 2 heterocycles. The van der Waals surface area contributed by atoms with Crippen LogP contribution in [0.2, 0.25) is 0 Å². The van der Waals surface area contributed by atoms with Gasteiger partial charge in [0.15, 0.2) is 0 Å². The standard InChI is InChI=1S/C10H13N3S/c1-6-4-8(7(2)14-6)9-5-10(11)13(3)12-9/h4-5H,11H2,1-3H3. The number of anilines is 1. The molecule has 0 unspecified atom stereocenters. The summed E-state index contributed by atoms with van der Waals surface area (Å²) < 4.78 is 1.70. The largest absolute Gasteiger partial charge is 0.384 e. The fourth-order valence-corrected chi connectivity index (χ4v) is 2.43. The Hall–Kier alpha value is -1.29. The molecule has 0 aliphatic heterocycles. The molecule has 2 aromatic heterocycles. The number of hydrogen-bond acceptors (Lipinski definition) is 3. The predicted octanol–water partition coefficient (Wildman–Crippen LogP) is 2.35. The third-order valence-corrected chi connectivity index (χ3v) is 3.20. The van der Waals surface area contributed by atoms with Gasteiger partial charge in [0.1, 0.15) is 5.82 Å². The molecule has 0 aliphatic carbocycles. The highest BCUT2D eigenvalue weighted by Gasteiger charge is 2.09. The van der Waals surface area contributed by atoms with Gasteiger partial charge in [0.25, 0.3) is 0 Å². The first-order valence-corrected chi connectivity index (χ1v) is 5.26. The minimum absolute atomic E-state index is 0.697. The molecular formula is C10H13N3S. The van der Waals surface area contributed by atoms with E-state index in [1.807, 2.05) is 13.1 Å². The number of hydrogen-bond donors (Lipinski definition) is 1. The van der Waals surface area contributed by atoms with Gasteiger partial charge in [0.2, 0.25) is 0 Å². The molecule has 0 fully saturated rings. The van der Waals surface area contributed by atoms with Crippen LogP contribution in [0.4, 0.5) is 5.82 Å². The number of nitrogen functional groups attached to an aromatic ring is 1. The van der Waals surface area contributed by atoms with E-state index in [2.05, 4.69) is 25.0 Å². The van der Waals surface area contributed by atoms with E-state index in [4.69, 9.17) is 5.73 Å². The number of nitrogens with two attached hydrogens (primary N) is 1. The molecule has 2 N–H and O–H groups in total. The minimum atomic E-state index is 0.697. The zero-order valence-electron chi connectivity index (χ0n) is 8.53. The van der Waals surface area contributed by atoms with Crippen LogP contribution >= 0.6 is 11.3 Å². The van der Waals surface area contributed by atoms with Crippen molar-refractivity contribution in [1.82, 2.24) is 9.78 Å². The van der Waals surface area contributed by atoms with Gasteiger partial charge in [0, 0.05) is 28.4 Å². The summed E-state index contributed by atoms with van der Waals surface area (Å²) in [6.07, 6.45) is 0. The summed E-state index contributed by atoms with van der Waals surface area (Å²) in [6, 6.07) is 4.07. The minimum Gasteiger partial charge on any atom is -0.384 e. The van der Waals surface area contributed by atoms with E-state index in [0.717, 1.165) is 5.69 Å². The van der Waals surface area contributed by atoms with E-state index in [0.29, 0.717) is 5.82 Å². The number of aromatic nitrogens is 2. The third kappa shape index (κ3) is 1.42. The summed E-state index contributed by atoms with van der Waals surface area (Å²) >= 11 is 1.79. The van der Waals surface area contributed by atoms with Crippen LogP contribution in [0.3, 0.4) is 0 Å². The van der Waals surface area contributed by atoms with Gasteiger partial charge >= 0.3 is 0 Å². The van der Waals surface area contributed by atoms with E-state index < -0.39 is 0 Å². The van der Waals surface area contributed by atoms with Crippen molar-refractivity contribution in [3.63, 3.8) is 0 Å². The molecule has 0 aliphatic rings. The molecule has 2 aromatic rings. The second-order valence-corrected chi connectivity index (χ2v) is 4.87. The van der Waals surface area contributed by atoms with Crippen LogP contribution in [0.5, 0.6) is 0 Å². The van der Waals surface area contributed by atoms with Gasteiger partial charge in [-0.1, -0.05) is 0 Å². The molecule has 0 amide bonds. The summed E-state index contributed by atoms with van der Waals surface area (Å²) in [5.74, 6) is 0.697. The van der Waals surface area contributed by atoms with Crippen LogP contribution in [0.25, 0.3) is 11.3 Å². The molecule has 0 spiro atoms. The Morgan fingerprint density at radius 1 is 1.36 bits per heavy atom. The molecular weight excluding hydrogens is 194 g/mol. The number of aryl methyl sites for hydroxylation is 3. The zero-order chi connectivity index (χ0) is 10.3. The maximum atomic E-state index is 5.74. The third-order valence-electron chi connectivity index (χ3n) is 2.23. The average molecular weight is 207 g/mol. The van der Waals surface area contributed by atoms with Crippen molar-refractivity contribution in [2.24, 2.45) is 7.05 Å². The molecule has 0 atom stereocenters. The number of rotatable bonds is 1. The molecule has 0 bridgehead atoms. The molecule has 0 saturated carbocycles. The van der Waals surface area contributed by atoms with Crippen molar-refractivity contribution in [2.75, 3.05) is 5.73 Å². The maximum absolute atomic E-state index is 5.74. The zero-order valence-corrected chi connectivity index (χ0v) is 9.35. The van der Waals surface area contributed by atoms with Crippen LogP contribution in [0.1, 0.15) is 9.75 Å². The molecule has 4 heteroatoms. The topological polar surface area (TPSA) is 43.8 Å². The molecule has 0 radical (unpaired) electrons. The predicted molar refractivity (Wildman–Crippen MR) is 60.4 cm³/mol. The Morgan fingerprint density at radius 3 is 2.50 bits per heavy atom. The van der Waals surface area contributed by atoms with Gasteiger partial charge in [-0.05, 0) is 19.9 Å². The monoisotopic (exact) mass is 207 g/mol. The van der Waals surface area contributed by atoms with E-state index in [9.17, 15) is 0 Å². The molecule has 0 saturated heterocycles. The van der Waals surface area contributed by atoms with Gasteiger partial charge in [-0.15, -0.1) is 11.3 Å². The second kappa shape index (κ2) is 3.13. The summed E-state index contributed by atoms with van der Waals surface area (Å²) in [5, 5.41) is 4.35. The average Bonchev–Trinajstić information content (AvgIpc) is 2.57. The Balaban J connectivity index is 2.54. The first kappa shape index (κ1) is 9.27. The van der Waals surface area contributed by atoms with Gasteiger partial charge < -0.3 is 5.73 Å². The van der Waals surface area contributed by atoms with Crippen LogP contribution < -0.4 is 5.73 Å². The van der Waals surface area contributed by atoms with E-state index in [-0.39, 0.29) is 0 Å². The van der Waals surface area contributed by atoms with Gasteiger partial charge in [0.05, 0.1) is 5.69 Å². The fraction of sp³-hybridized carbons (Fsp3) is 0.300. The first-order chi connectivity index (χ1) is 6.58. The van der Waals surface area contributed by atoms with Crippen LogP contribution in [0.15, 0.2) is 12.1 Å². The van der Waals surface area contributed by atoms with Crippen molar-refractivity contribution in [2.45, 2.75) is 13.8 Å². The smallest absolute Gasteiger partial charge is 0.121 e. The van der Waals surface area contributed by atoms with Gasteiger partial charge in [-0.2, -0.15) is 5.10 Å². The Labute approximate surface area is 87.2 Å². The molecule has 2 rings (SSSR count). The summed E-state index contributed by atoms with van der Waals surface area (Å²) in [5.41, 5.74) is 7.90. The molecule has 0 aromatic carbocycles. The quantitative estimate of drug-likeness (QED) is 0.780. The summed E-state index contributed by atoms with van der Waals surface area (Å²) in [4.78, 5) is 2.60. The highest BCUT2D eigenvalue weighted by molar-refractivity contribution is 7.12. The lowest BCUT2D eigenvalue weighted by atomic mass is 10.2. The van der Waals surface area contributed by atoms with Gasteiger partial charge in [-0.25, -0.2) is 0 Å². The lowest BCUT2D eigenvalue weighted by Crippen LogP contribution is -1.96. The van der Waals surface area contributed by atoms with Gasteiger partial charge in [-0.3, -0.25) is 4.68 Å². The second-order valence-electron chi connectivity index (χ2n) is 3.40. The van der Waals surface area contributed by atoms with E-state index in [1.54, 1.807) is 16.0 Å². The highest BCUT2D eigenvalue weighted by Crippen LogP contribution is 2.30. The number of nitrogens with zero attached hydrogens (tertiary/aromatic N) is 2. The molecule has 14 heavy (non-hydrogen) atoms. The first-order valence-electron chi connectivity index (χ1n) is 4.45. The van der Waals surface area contributed by atoms with E-state index >= 15 is 0 Å². The van der Waals surface area contributed by atoms with Crippen LogP contribution in [-0.4, -0.2) is 9.78 Å². The Kier molecular flexibility index (Phi) is 2.07. The van der Waals surface area contributed by atoms with E-state index in [1.165, 1.54) is 15.3 Å². The Morgan fingerprint density at radius 2 is 2.07 bits per heavy atom.